The molecular formula is C29H39Cl2N5O4. The van der Waals surface area contributed by atoms with E-state index < -0.39 is 6.04 Å². The molecule has 40 heavy (non-hydrogen) atoms. The van der Waals surface area contributed by atoms with Crippen molar-refractivity contribution in [3.05, 3.63) is 57.7 Å². The number of amides is 1. The molecule has 2 fully saturated rings. The van der Waals surface area contributed by atoms with Gasteiger partial charge in [-0.25, -0.2) is 9.78 Å². The topological polar surface area (TPSA) is 98.2 Å². The van der Waals surface area contributed by atoms with Gasteiger partial charge in [-0.3, -0.25) is 14.6 Å². The molecule has 9 nitrogen and oxygen atoms in total. The van der Waals surface area contributed by atoms with Crippen LogP contribution >= 0.6 is 23.2 Å². The zero-order valence-electron chi connectivity index (χ0n) is 23.2. The number of nitrogens with zero attached hydrogens (tertiary/aromatic N) is 4. The fourth-order valence-electron chi connectivity index (χ4n) is 5.92. The number of aliphatic hydroxyl groups is 1. The summed E-state index contributed by atoms with van der Waals surface area (Å²) in [5.74, 6) is 0.139. The number of hydrogen-bond acceptors (Lipinski definition) is 8. The molecule has 11 heteroatoms. The van der Waals surface area contributed by atoms with Crippen LogP contribution in [0.5, 0.6) is 0 Å². The minimum Gasteiger partial charge on any atom is -0.468 e. The summed E-state index contributed by atoms with van der Waals surface area (Å²) in [5.41, 5.74) is 1.27. The molecule has 0 aliphatic carbocycles. The maximum Gasteiger partial charge on any atom is 0.327 e. The minimum atomic E-state index is -0.437. The van der Waals surface area contributed by atoms with Crippen LogP contribution in [0.2, 0.25) is 10.0 Å². The van der Waals surface area contributed by atoms with Crippen LogP contribution < -0.4 is 10.2 Å². The minimum absolute atomic E-state index is 0.124. The number of benzene rings is 1. The van der Waals surface area contributed by atoms with E-state index in [0.29, 0.717) is 33.5 Å². The van der Waals surface area contributed by atoms with Gasteiger partial charge in [0.25, 0.3) is 5.91 Å². The van der Waals surface area contributed by atoms with Crippen molar-refractivity contribution in [3.8, 4) is 0 Å². The Bertz CT molecular complexity index is 1140. The highest BCUT2D eigenvalue weighted by molar-refractivity contribution is 6.33. The Morgan fingerprint density at radius 1 is 1.15 bits per heavy atom. The third-order valence-corrected chi connectivity index (χ3v) is 8.40. The first-order valence-corrected chi connectivity index (χ1v) is 14.7. The number of hydrogen-bond donors (Lipinski definition) is 2. The number of aromatic nitrogens is 1. The van der Waals surface area contributed by atoms with Gasteiger partial charge >= 0.3 is 5.97 Å². The van der Waals surface area contributed by atoms with Crippen molar-refractivity contribution in [1.82, 2.24) is 20.1 Å². The Balaban J connectivity index is 1.41. The molecule has 0 saturated carbocycles. The molecule has 2 aliphatic rings. The van der Waals surface area contributed by atoms with Crippen molar-refractivity contribution < 1.29 is 19.4 Å². The van der Waals surface area contributed by atoms with Crippen molar-refractivity contribution in [3.63, 3.8) is 0 Å². The first-order chi connectivity index (χ1) is 19.4. The highest BCUT2D eigenvalue weighted by Crippen LogP contribution is 2.32. The summed E-state index contributed by atoms with van der Waals surface area (Å²) >= 11 is 12.7. The SMILES string of the molecule is CCC[C@H]1CN(c2ncc(C(=O)NCCO)cc2Cl)CCN1C1CCN(C(C(=O)OC)c2ccc(Cl)cc2)CC1. The Hall–Kier alpha value is -2.43. The number of esters is 1. The van der Waals surface area contributed by atoms with Gasteiger partial charge in [-0.15, -0.1) is 0 Å². The zero-order chi connectivity index (χ0) is 28.6. The van der Waals surface area contributed by atoms with Crippen LogP contribution in [0.3, 0.4) is 0 Å². The Morgan fingerprint density at radius 2 is 1.88 bits per heavy atom. The largest absolute Gasteiger partial charge is 0.468 e. The average molecular weight is 593 g/mol. The van der Waals surface area contributed by atoms with Gasteiger partial charge in [-0.2, -0.15) is 0 Å². The van der Waals surface area contributed by atoms with E-state index in [4.69, 9.17) is 33.0 Å². The second kappa shape index (κ2) is 14.5. The summed E-state index contributed by atoms with van der Waals surface area (Å²) in [4.78, 5) is 36.6. The lowest BCUT2D eigenvalue weighted by Crippen LogP contribution is -2.59. The van der Waals surface area contributed by atoms with Gasteiger partial charge in [0.2, 0.25) is 0 Å². The molecular weight excluding hydrogens is 553 g/mol. The number of nitrogens with one attached hydrogen (secondary N) is 1. The van der Waals surface area contributed by atoms with E-state index in [1.165, 1.54) is 7.11 Å². The molecule has 3 heterocycles. The summed E-state index contributed by atoms with van der Waals surface area (Å²) in [6, 6.07) is 9.43. The monoisotopic (exact) mass is 591 g/mol. The summed E-state index contributed by atoms with van der Waals surface area (Å²) in [7, 11) is 1.44. The van der Waals surface area contributed by atoms with Crippen molar-refractivity contribution in [1.29, 1.82) is 0 Å². The van der Waals surface area contributed by atoms with Gasteiger partial charge in [-0.1, -0.05) is 48.7 Å². The van der Waals surface area contributed by atoms with E-state index >= 15 is 0 Å². The first kappa shape index (κ1) is 30.5. The number of ether oxygens (including phenoxy) is 1. The van der Waals surface area contributed by atoms with E-state index in [1.807, 2.05) is 24.3 Å². The summed E-state index contributed by atoms with van der Waals surface area (Å²) in [5, 5.41) is 12.7. The molecule has 1 amide bonds. The number of anilines is 1. The number of piperidine rings is 1. The van der Waals surface area contributed by atoms with Gasteiger partial charge in [0, 0.05) is 62.6 Å². The quantitative estimate of drug-likeness (QED) is 0.403. The van der Waals surface area contributed by atoms with Crippen molar-refractivity contribution in [2.75, 3.05) is 57.9 Å². The standard InChI is InChI=1S/C29H39Cl2N5O4/c1-3-4-24-19-35(27-25(31)17-21(18-33-27)28(38)32-11-16-37)14-15-36(24)23-9-12-34(13-10-23)26(29(39)40-2)20-5-7-22(30)8-6-20/h5-8,17-18,23-24,26,37H,3-4,9-16,19H2,1-2H3,(H,32,38)/t24-,26?/m0/s1. The van der Waals surface area contributed by atoms with E-state index in [-0.39, 0.29) is 25.0 Å². The van der Waals surface area contributed by atoms with Crippen LogP contribution in [-0.4, -0.2) is 96.8 Å². The van der Waals surface area contributed by atoms with Gasteiger partial charge < -0.3 is 20.1 Å². The van der Waals surface area contributed by atoms with Crippen molar-refractivity contribution >= 4 is 40.9 Å². The number of carbonyl (C=O) groups excluding carboxylic acids is 2. The summed E-state index contributed by atoms with van der Waals surface area (Å²) in [6.45, 7) is 6.37. The Kier molecular flexibility index (Phi) is 11.0. The third kappa shape index (κ3) is 7.25. The van der Waals surface area contributed by atoms with Gasteiger partial charge in [0.05, 0.1) is 24.3 Å². The zero-order valence-corrected chi connectivity index (χ0v) is 24.7. The van der Waals surface area contributed by atoms with Crippen LogP contribution in [0, 0.1) is 0 Å². The fraction of sp³-hybridized carbons (Fsp3) is 0.552. The van der Waals surface area contributed by atoms with Gasteiger partial charge in [-0.05, 0) is 43.0 Å². The predicted molar refractivity (Wildman–Crippen MR) is 157 cm³/mol. The lowest BCUT2D eigenvalue weighted by molar-refractivity contribution is -0.148. The number of rotatable bonds is 10. The second-order valence-corrected chi connectivity index (χ2v) is 11.2. The maximum absolute atomic E-state index is 12.8. The number of aliphatic hydroxyl groups excluding tert-OH is 1. The number of likely N-dealkylation sites (tertiary alicyclic amines) is 1. The molecule has 2 aliphatic heterocycles. The number of piperazine rings is 1. The number of halogens is 2. The molecule has 0 spiro atoms. The van der Waals surface area contributed by atoms with E-state index in [1.54, 1.807) is 12.3 Å². The normalized spacial score (nSPS) is 19.8. The highest BCUT2D eigenvalue weighted by Gasteiger charge is 2.37. The van der Waals surface area contributed by atoms with Crippen LogP contribution in [0.1, 0.15) is 54.6 Å². The maximum atomic E-state index is 12.8. The molecule has 4 rings (SSSR count). The smallest absolute Gasteiger partial charge is 0.327 e. The fourth-order valence-corrected chi connectivity index (χ4v) is 6.33. The van der Waals surface area contributed by atoms with E-state index in [9.17, 15) is 9.59 Å². The molecule has 0 bridgehead atoms. The first-order valence-electron chi connectivity index (χ1n) is 14.0. The lowest BCUT2D eigenvalue weighted by Gasteiger charge is -2.48. The van der Waals surface area contributed by atoms with Crippen LogP contribution in [0.25, 0.3) is 0 Å². The van der Waals surface area contributed by atoms with Gasteiger partial charge in [0.15, 0.2) is 0 Å². The van der Waals surface area contributed by atoms with Gasteiger partial charge in [0.1, 0.15) is 11.9 Å². The average Bonchev–Trinajstić information content (AvgIpc) is 2.97. The number of pyridine rings is 1. The Morgan fingerprint density at radius 3 is 2.50 bits per heavy atom. The highest BCUT2D eigenvalue weighted by atomic mass is 35.5. The molecule has 0 radical (unpaired) electrons. The number of methoxy groups -OCH3 is 1. The summed E-state index contributed by atoms with van der Waals surface area (Å²) in [6.07, 6.45) is 5.62. The molecule has 1 aromatic heterocycles. The van der Waals surface area contributed by atoms with Crippen LogP contribution in [-0.2, 0) is 9.53 Å². The molecule has 218 valence electrons. The molecule has 1 aromatic carbocycles. The lowest BCUT2D eigenvalue weighted by atomic mass is 9.95. The number of carbonyl (C=O) groups is 2. The molecule has 2 N–H and O–H groups in total. The molecule has 2 atom stereocenters. The van der Waals surface area contributed by atoms with E-state index in [0.717, 1.165) is 64.0 Å². The van der Waals surface area contributed by atoms with Crippen LogP contribution in [0.4, 0.5) is 5.82 Å². The molecule has 2 aromatic rings. The predicted octanol–water partition coefficient (Wildman–Crippen LogP) is 3.78. The molecule has 1 unspecified atom stereocenters. The third-order valence-electron chi connectivity index (χ3n) is 7.87. The van der Waals surface area contributed by atoms with Crippen molar-refractivity contribution in [2.45, 2.75) is 50.7 Å². The van der Waals surface area contributed by atoms with Crippen LogP contribution in [0.15, 0.2) is 36.5 Å². The van der Waals surface area contributed by atoms with E-state index in [2.05, 4.69) is 31.9 Å². The Labute approximate surface area is 246 Å². The molecule has 2 saturated heterocycles. The second-order valence-electron chi connectivity index (χ2n) is 10.4. The van der Waals surface area contributed by atoms with Crippen molar-refractivity contribution in [2.24, 2.45) is 0 Å². The summed E-state index contributed by atoms with van der Waals surface area (Å²) < 4.78 is 5.17.